The van der Waals surface area contributed by atoms with Crippen LogP contribution in [0, 0.1) is 5.92 Å². The minimum Gasteiger partial charge on any atom is -0.328 e. The molecule has 8 nitrogen and oxygen atoms in total. The molecule has 0 aromatic carbocycles. The lowest BCUT2D eigenvalue weighted by Gasteiger charge is -2.23. The maximum absolute atomic E-state index is 12.3. The number of nitrogens with one attached hydrogen (secondary N) is 2. The molecule has 2 amide bonds. The zero-order valence-electron chi connectivity index (χ0n) is 13.9. The van der Waals surface area contributed by atoms with Crippen molar-refractivity contribution in [3.8, 4) is 0 Å². The average Bonchev–Trinajstić information content (AvgIpc) is 3.09. The number of fused-ring (bicyclic) bond motifs is 1. The van der Waals surface area contributed by atoms with E-state index in [1.807, 2.05) is 22.5 Å². The number of carbonyl (C=O) groups excluding carboxylic acids is 1. The third-order valence-corrected chi connectivity index (χ3v) is 4.57. The van der Waals surface area contributed by atoms with Gasteiger partial charge in [-0.25, -0.2) is 14.5 Å². The summed E-state index contributed by atoms with van der Waals surface area (Å²) >= 11 is 0. The van der Waals surface area contributed by atoms with Crippen molar-refractivity contribution in [2.75, 3.05) is 5.32 Å². The van der Waals surface area contributed by atoms with Gasteiger partial charge in [0, 0.05) is 25.7 Å². The second kappa shape index (κ2) is 6.26. The standard InChI is InChI=1S/C16H23N7O/c1-2-14-20-15-13(4-3-7-23(15)21-14)19-16(24)18-12-8-17-22(10-12)9-11-5-6-11/h8,10-11,13H,2-7,9H2,1H3,(H2,18,19,24). The molecule has 1 unspecified atom stereocenters. The van der Waals surface area contributed by atoms with Crippen LogP contribution in [-0.4, -0.2) is 30.6 Å². The van der Waals surface area contributed by atoms with Crippen LogP contribution in [0.15, 0.2) is 12.4 Å². The number of carbonyl (C=O) groups is 1. The summed E-state index contributed by atoms with van der Waals surface area (Å²) in [6.07, 6.45) is 8.83. The molecule has 24 heavy (non-hydrogen) atoms. The van der Waals surface area contributed by atoms with E-state index in [1.54, 1.807) is 6.20 Å². The third kappa shape index (κ3) is 3.27. The Hall–Kier alpha value is -2.38. The van der Waals surface area contributed by atoms with Gasteiger partial charge in [0.05, 0.1) is 17.9 Å². The molecule has 128 valence electrons. The first kappa shape index (κ1) is 15.2. The van der Waals surface area contributed by atoms with Crippen molar-refractivity contribution in [2.45, 2.75) is 58.2 Å². The Bertz CT molecular complexity index is 731. The summed E-state index contributed by atoms with van der Waals surface area (Å²) in [4.78, 5) is 16.8. The topological polar surface area (TPSA) is 89.7 Å². The number of hydrogen-bond donors (Lipinski definition) is 2. The van der Waals surface area contributed by atoms with Gasteiger partial charge in [-0.15, -0.1) is 0 Å². The lowest BCUT2D eigenvalue weighted by Crippen LogP contribution is -2.36. The fourth-order valence-electron chi connectivity index (χ4n) is 3.10. The van der Waals surface area contributed by atoms with Crippen LogP contribution in [0.5, 0.6) is 0 Å². The van der Waals surface area contributed by atoms with Crippen molar-refractivity contribution < 1.29 is 4.79 Å². The zero-order valence-corrected chi connectivity index (χ0v) is 13.9. The van der Waals surface area contributed by atoms with Crippen LogP contribution in [-0.2, 0) is 19.5 Å². The fourth-order valence-corrected chi connectivity index (χ4v) is 3.10. The first-order valence-electron chi connectivity index (χ1n) is 8.75. The highest BCUT2D eigenvalue weighted by Gasteiger charge is 2.26. The number of rotatable bonds is 5. The first-order chi connectivity index (χ1) is 11.7. The van der Waals surface area contributed by atoms with Gasteiger partial charge in [-0.1, -0.05) is 6.92 Å². The van der Waals surface area contributed by atoms with Crippen LogP contribution < -0.4 is 10.6 Å². The van der Waals surface area contributed by atoms with Crippen LogP contribution in [0.3, 0.4) is 0 Å². The van der Waals surface area contributed by atoms with Gasteiger partial charge >= 0.3 is 6.03 Å². The number of aryl methyl sites for hydroxylation is 2. The van der Waals surface area contributed by atoms with E-state index in [0.717, 1.165) is 55.6 Å². The zero-order chi connectivity index (χ0) is 16.5. The van der Waals surface area contributed by atoms with E-state index in [-0.39, 0.29) is 12.1 Å². The first-order valence-corrected chi connectivity index (χ1v) is 8.75. The molecule has 1 aliphatic carbocycles. The third-order valence-electron chi connectivity index (χ3n) is 4.57. The van der Waals surface area contributed by atoms with Crippen molar-refractivity contribution in [1.82, 2.24) is 29.9 Å². The van der Waals surface area contributed by atoms with E-state index >= 15 is 0 Å². The number of aromatic nitrogens is 5. The van der Waals surface area contributed by atoms with Crippen molar-refractivity contribution in [2.24, 2.45) is 5.92 Å². The highest BCUT2D eigenvalue weighted by Crippen LogP contribution is 2.30. The Balaban J connectivity index is 1.37. The summed E-state index contributed by atoms with van der Waals surface area (Å²) in [5.41, 5.74) is 0.722. The van der Waals surface area contributed by atoms with Crippen LogP contribution >= 0.6 is 0 Å². The predicted molar refractivity (Wildman–Crippen MR) is 88.5 cm³/mol. The van der Waals surface area contributed by atoms with Crippen LogP contribution in [0.1, 0.15) is 50.3 Å². The molecule has 2 aromatic rings. The molecule has 2 aliphatic rings. The normalized spacial score (nSPS) is 19.8. The summed E-state index contributed by atoms with van der Waals surface area (Å²) in [5.74, 6) is 2.45. The SMILES string of the molecule is CCc1nc2n(n1)CCCC2NC(=O)Nc1cnn(CC2CC2)c1. The molecule has 2 N–H and O–H groups in total. The monoisotopic (exact) mass is 329 g/mol. The smallest absolute Gasteiger partial charge is 0.319 e. The number of hydrogen-bond acceptors (Lipinski definition) is 4. The van der Waals surface area contributed by atoms with E-state index in [1.165, 1.54) is 12.8 Å². The number of amides is 2. The molecular formula is C16H23N7O. The van der Waals surface area contributed by atoms with Gasteiger partial charge in [0.1, 0.15) is 5.82 Å². The molecule has 0 radical (unpaired) electrons. The maximum Gasteiger partial charge on any atom is 0.319 e. The quantitative estimate of drug-likeness (QED) is 0.879. The summed E-state index contributed by atoms with van der Waals surface area (Å²) in [7, 11) is 0. The van der Waals surface area contributed by atoms with Gasteiger partial charge in [-0.2, -0.15) is 10.2 Å². The minimum atomic E-state index is -0.222. The fraction of sp³-hybridized carbons (Fsp3) is 0.625. The second-order valence-electron chi connectivity index (χ2n) is 6.65. The maximum atomic E-state index is 12.3. The van der Waals surface area contributed by atoms with Crippen molar-refractivity contribution in [3.05, 3.63) is 24.0 Å². The van der Waals surface area contributed by atoms with Gasteiger partial charge in [-0.05, 0) is 31.6 Å². The van der Waals surface area contributed by atoms with E-state index in [0.29, 0.717) is 0 Å². The molecule has 0 bridgehead atoms. The predicted octanol–water partition coefficient (Wildman–Crippen LogP) is 2.10. The molecule has 0 saturated heterocycles. The number of anilines is 1. The van der Waals surface area contributed by atoms with Gasteiger partial charge < -0.3 is 10.6 Å². The Morgan fingerprint density at radius 1 is 1.38 bits per heavy atom. The molecule has 2 aromatic heterocycles. The summed E-state index contributed by atoms with van der Waals surface area (Å²) in [6.45, 7) is 3.85. The van der Waals surface area contributed by atoms with Crippen molar-refractivity contribution in [1.29, 1.82) is 0 Å². The molecule has 1 aliphatic heterocycles. The Kier molecular flexibility index (Phi) is 3.95. The van der Waals surface area contributed by atoms with Crippen LogP contribution in [0.25, 0.3) is 0 Å². The number of nitrogens with zero attached hydrogens (tertiary/aromatic N) is 5. The van der Waals surface area contributed by atoms with Gasteiger partial charge in [0.2, 0.25) is 0 Å². The summed E-state index contributed by atoms with van der Waals surface area (Å²) in [5, 5.41) is 14.6. The largest absolute Gasteiger partial charge is 0.328 e. The molecule has 1 atom stereocenters. The van der Waals surface area contributed by atoms with Crippen LogP contribution in [0.2, 0.25) is 0 Å². The van der Waals surface area contributed by atoms with Crippen molar-refractivity contribution >= 4 is 11.7 Å². The van der Waals surface area contributed by atoms with Gasteiger partial charge in [0.25, 0.3) is 0 Å². The highest BCUT2D eigenvalue weighted by molar-refractivity contribution is 5.89. The lowest BCUT2D eigenvalue weighted by molar-refractivity contribution is 0.244. The van der Waals surface area contributed by atoms with E-state index in [9.17, 15) is 4.79 Å². The molecule has 1 saturated carbocycles. The van der Waals surface area contributed by atoms with Gasteiger partial charge in [-0.3, -0.25) is 4.68 Å². The van der Waals surface area contributed by atoms with Crippen LogP contribution in [0.4, 0.5) is 10.5 Å². The lowest BCUT2D eigenvalue weighted by atomic mass is 10.1. The second-order valence-corrected chi connectivity index (χ2v) is 6.65. The minimum absolute atomic E-state index is 0.0898. The molecular weight excluding hydrogens is 306 g/mol. The molecule has 8 heteroatoms. The Morgan fingerprint density at radius 2 is 2.25 bits per heavy atom. The molecule has 4 rings (SSSR count). The molecule has 3 heterocycles. The Labute approximate surface area is 140 Å². The number of urea groups is 1. The molecule has 1 fully saturated rings. The average molecular weight is 329 g/mol. The Morgan fingerprint density at radius 3 is 3.04 bits per heavy atom. The van der Waals surface area contributed by atoms with E-state index in [4.69, 9.17) is 0 Å². The van der Waals surface area contributed by atoms with Crippen molar-refractivity contribution in [3.63, 3.8) is 0 Å². The van der Waals surface area contributed by atoms with E-state index in [2.05, 4.69) is 25.8 Å². The summed E-state index contributed by atoms with van der Waals surface area (Å²) < 4.78 is 3.82. The highest BCUT2D eigenvalue weighted by atomic mass is 16.2. The summed E-state index contributed by atoms with van der Waals surface area (Å²) in [6, 6.07) is -0.312. The molecule has 0 spiro atoms. The van der Waals surface area contributed by atoms with Gasteiger partial charge in [0.15, 0.2) is 5.82 Å². The van der Waals surface area contributed by atoms with E-state index < -0.39 is 0 Å².